The van der Waals surface area contributed by atoms with E-state index in [1.54, 1.807) is 18.2 Å². The largest absolute Gasteiger partial charge is 0.467 e. The molecule has 0 bridgehead atoms. The highest BCUT2D eigenvalue weighted by Gasteiger charge is 2.36. The number of amides is 3. The van der Waals surface area contributed by atoms with Gasteiger partial charge in [-0.1, -0.05) is 31.9 Å². The highest BCUT2D eigenvalue weighted by Crippen LogP contribution is 2.30. The van der Waals surface area contributed by atoms with Crippen molar-refractivity contribution in [2.45, 2.75) is 51.1 Å². The molecule has 0 spiro atoms. The van der Waals surface area contributed by atoms with Gasteiger partial charge in [0, 0.05) is 11.7 Å². The Labute approximate surface area is 198 Å². The fraction of sp³-hybridized carbons (Fsp3) is 0.346. The molecule has 2 N–H and O–H groups in total. The second kappa shape index (κ2) is 10.9. The SMILES string of the molecule is CCc1ccc(N(C(=O)CNC(=O)c2ccco2)[C@@H](C(=O)NC2CCCC2)c2ccco2)cc1. The number of carbonyl (C=O) groups excluding carboxylic acids is 3. The summed E-state index contributed by atoms with van der Waals surface area (Å²) in [4.78, 5) is 40.7. The van der Waals surface area contributed by atoms with Crippen molar-refractivity contribution in [3.8, 4) is 0 Å². The lowest BCUT2D eigenvalue weighted by atomic mass is 10.1. The molecule has 8 heteroatoms. The van der Waals surface area contributed by atoms with E-state index in [4.69, 9.17) is 8.83 Å². The van der Waals surface area contributed by atoms with Gasteiger partial charge in [-0.15, -0.1) is 0 Å². The molecule has 3 aromatic rings. The number of hydrogen-bond acceptors (Lipinski definition) is 5. The van der Waals surface area contributed by atoms with E-state index >= 15 is 0 Å². The van der Waals surface area contributed by atoms with E-state index in [1.807, 2.05) is 31.2 Å². The Balaban J connectivity index is 1.63. The summed E-state index contributed by atoms with van der Waals surface area (Å²) < 4.78 is 10.7. The Morgan fingerprint density at radius 3 is 2.32 bits per heavy atom. The molecule has 1 saturated carbocycles. The number of furan rings is 2. The Bertz CT molecular complexity index is 1080. The van der Waals surface area contributed by atoms with E-state index in [-0.39, 0.29) is 24.3 Å². The predicted octanol–water partition coefficient (Wildman–Crippen LogP) is 4.00. The minimum atomic E-state index is -1.02. The Morgan fingerprint density at radius 2 is 1.71 bits per heavy atom. The van der Waals surface area contributed by atoms with Crippen molar-refractivity contribution in [1.82, 2.24) is 10.6 Å². The minimum absolute atomic E-state index is 0.0723. The fourth-order valence-electron chi connectivity index (χ4n) is 4.24. The van der Waals surface area contributed by atoms with E-state index in [0.29, 0.717) is 11.4 Å². The topological polar surface area (TPSA) is 105 Å². The van der Waals surface area contributed by atoms with E-state index in [9.17, 15) is 14.4 Å². The van der Waals surface area contributed by atoms with Crippen LogP contribution >= 0.6 is 0 Å². The third-order valence-electron chi connectivity index (χ3n) is 6.06. The Morgan fingerprint density at radius 1 is 1.00 bits per heavy atom. The van der Waals surface area contributed by atoms with Gasteiger partial charge in [0.2, 0.25) is 5.91 Å². The average molecular weight is 464 g/mol. The molecule has 8 nitrogen and oxygen atoms in total. The predicted molar refractivity (Wildman–Crippen MR) is 126 cm³/mol. The molecule has 0 saturated heterocycles. The van der Waals surface area contributed by atoms with Crippen LogP contribution in [0.2, 0.25) is 0 Å². The van der Waals surface area contributed by atoms with Crippen LogP contribution in [0.4, 0.5) is 5.69 Å². The molecule has 1 fully saturated rings. The van der Waals surface area contributed by atoms with Crippen LogP contribution in [0.5, 0.6) is 0 Å². The molecule has 1 aliphatic rings. The minimum Gasteiger partial charge on any atom is -0.467 e. The quantitative estimate of drug-likeness (QED) is 0.499. The van der Waals surface area contributed by atoms with Gasteiger partial charge in [-0.3, -0.25) is 19.3 Å². The molecule has 1 aliphatic carbocycles. The number of aryl methyl sites for hydroxylation is 1. The van der Waals surface area contributed by atoms with Gasteiger partial charge in [0.05, 0.1) is 19.1 Å². The average Bonchev–Trinajstić information content (AvgIpc) is 3.64. The van der Waals surface area contributed by atoms with Crippen molar-refractivity contribution in [1.29, 1.82) is 0 Å². The first-order chi connectivity index (χ1) is 16.6. The molecule has 0 radical (unpaired) electrons. The monoisotopic (exact) mass is 463 g/mol. The van der Waals surface area contributed by atoms with Crippen molar-refractivity contribution < 1.29 is 23.2 Å². The zero-order valence-corrected chi connectivity index (χ0v) is 19.2. The molecule has 1 aromatic carbocycles. The van der Waals surface area contributed by atoms with Crippen molar-refractivity contribution in [3.05, 3.63) is 78.1 Å². The molecule has 3 amide bonds. The summed E-state index contributed by atoms with van der Waals surface area (Å²) in [7, 11) is 0. The van der Waals surface area contributed by atoms with Crippen LogP contribution < -0.4 is 15.5 Å². The van der Waals surface area contributed by atoms with Gasteiger partial charge in [-0.05, 0) is 61.2 Å². The Kier molecular flexibility index (Phi) is 7.47. The van der Waals surface area contributed by atoms with Crippen LogP contribution in [0.3, 0.4) is 0 Å². The molecule has 34 heavy (non-hydrogen) atoms. The smallest absolute Gasteiger partial charge is 0.287 e. The second-order valence-corrected chi connectivity index (χ2v) is 8.35. The molecule has 178 valence electrons. The first-order valence-corrected chi connectivity index (χ1v) is 11.6. The van der Waals surface area contributed by atoms with Crippen molar-refractivity contribution >= 4 is 23.4 Å². The lowest BCUT2D eigenvalue weighted by Crippen LogP contribution is -2.49. The summed E-state index contributed by atoms with van der Waals surface area (Å²) in [5.41, 5.74) is 1.64. The third kappa shape index (κ3) is 5.39. The number of nitrogens with one attached hydrogen (secondary N) is 2. The molecule has 1 atom stereocenters. The highest BCUT2D eigenvalue weighted by atomic mass is 16.3. The molecular formula is C26H29N3O5. The van der Waals surface area contributed by atoms with Gasteiger partial charge in [-0.25, -0.2) is 0 Å². The van der Waals surface area contributed by atoms with Gasteiger partial charge in [0.25, 0.3) is 11.8 Å². The number of rotatable bonds is 9. The number of hydrogen-bond donors (Lipinski definition) is 2. The maximum absolute atomic E-state index is 13.5. The summed E-state index contributed by atoms with van der Waals surface area (Å²) in [6.45, 7) is 1.73. The third-order valence-corrected chi connectivity index (χ3v) is 6.06. The van der Waals surface area contributed by atoms with Gasteiger partial charge >= 0.3 is 0 Å². The normalized spacial score (nSPS) is 14.5. The van der Waals surface area contributed by atoms with Crippen molar-refractivity contribution in [2.75, 3.05) is 11.4 Å². The van der Waals surface area contributed by atoms with Crippen LogP contribution in [0.25, 0.3) is 0 Å². The number of benzene rings is 1. The van der Waals surface area contributed by atoms with Crippen LogP contribution in [-0.4, -0.2) is 30.3 Å². The molecule has 2 aromatic heterocycles. The molecule has 0 aliphatic heterocycles. The van der Waals surface area contributed by atoms with Crippen molar-refractivity contribution in [3.63, 3.8) is 0 Å². The maximum Gasteiger partial charge on any atom is 0.287 e. The first kappa shape index (κ1) is 23.4. The highest BCUT2D eigenvalue weighted by molar-refractivity contribution is 6.04. The van der Waals surface area contributed by atoms with Gasteiger partial charge in [-0.2, -0.15) is 0 Å². The van der Waals surface area contributed by atoms with E-state index < -0.39 is 17.9 Å². The summed E-state index contributed by atoms with van der Waals surface area (Å²) in [5.74, 6) is -0.821. The van der Waals surface area contributed by atoms with Crippen LogP contribution in [0, 0.1) is 0 Å². The summed E-state index contributed by atoms with van der Waals surface area (Å²) in [6, 6.07) is 13.0. The van der Waals surface area contributed by atoms with Crippen LogP contribution in [0.1, 0.15) is 60.5 Å². The lowest BCUT2D eigenvalue weighted by molar-refractivity contribution is -0.127. The number of nitrogens with zero attached hydrogens (tertiary/aromatic N) is 1. The van der Waals surface area contributed by atoms with Crippen LogP contribution in [-0.2, 0) is 16.0 Å². The standard InChI is InChI=1S/C26H29N3O5/c1-2-18-11-13-20(14-12-18)29(23(30)17-27-25(31)22-10-6-16-34-22)24(21-9-5-15-33-21)26(32)28-19-7-3-4-8-19/h5-6,9-16,19,24H,2-4,7-8,17H2,1H3,(H,27,31)(H,28,32)/t24-/m1/s1. The summed E-state index contributed by atoms with van der Waals surface area (Å²) in [6.07, 6.45) is 7.67. The molecule has 2 heterocycles. The Hall–Kier alpha value is -3.81. The van der Waals surface area contributed by atoms with E-state index in [1.165, 1.54) is 23.5 Å². The maximum atomic E-state index is 13.5. The van der Waals surface area contributed by atoms with Gasteiger partial charge in [0.15, 0.2) is 11.8 Å². The summed E-state index contributed by atoms with van der Waals surface area (Å²) in [5, 5.41) is 5.67. The molecule has 0 unspecified atom stereocenters. The zero-order valence-electron chi connectivity index (χ0n) is 19.2. The number of carbonyl (C=O) groups is 3. The van der Waals surface area contributed by atoms with Crippen LogP contribution in [0.15, 0.2) is 69.9 Å². The zero-order chi connectivity index (χ0) is 23.9. The van der Waals surface area contributed by atoms with E-state index in [0.717, 1.165) is 37.7 Å². The molecule has 4 rings (SSSR count). The fourth-order valence-corrected chi connectivity index (χ4v) is 4.24. The number of anilines is 1. The summed E-state index contributed by atoms with van der Waals surface area (Å²) >= 11 is 0. The van der Waals surface area contributed by atoms with Gasteiger partial charge in [0.1, 0.15) is 5.76 Å². The first-order valence-electron chi connectivity index (χ1n) is 11.6. The molecular weight excluding hydrogens is 434 g/mol. The van der Waals surface area contributed by atoms with E-state index in [2.05, 4.69) is 10.6 Å². The lowest BCUT2D eigenvalue weighted by Gasteiger charge is -2.31. The van der Waals surface area contributed by atoms with Crippen molar-refractivity contribution in [2.24, 2.45) is 0 Å². The second-order valence-electron chi connectivity index (χ2n) is 8.35. The van der Waals surface area contributed by atoms with Gasteiger partial charge < -0.3 is 19.5 Å².